The zero-order valence-electron chi connectivity index (χ0n) is 17.0. The van der Waals surface area contributed by atoms with Crippen LogP contribution in [0.25, 0.3) is 0 Å². The molecule has 0 radical (unpaired) electrons. The smallest absolute Gasteiger partial charge is 0.387 e. The van der Waals surface area contributed by atoms with Gasteiger partial charge >= 0.3 is 6.61 Å². The number of halogens is 2. The molecule has 2 N–H and O–H groups in total. The van der Waals surface area contributed by atoms with Crippen molar-refractivity contribution in [2.24, 2.45) is 4.99 Å². The van der Waals surface area contributed by atoms with E-state index in [0.717, 1.165) is 23.5 Å². The van der Waals surface area contributed by atoms with E-state index >= 15 is 0 Å². The summed E-state index contributed by atoms with van der Waals surface area (Å²) >= 11 is 1.62. The fourth-order valence-corrected chi connectivity index (χ4v) is 3.17. The number of aryl methyl sites for hydroxylation is 1. The second-order valence-electron chi connectivity index (χ2n) is 6.23. The maximum atomic E-state index is 12.8. The van der Waals surface area contributed by atoms with E-state index in [2.05, 4.69) is 25.3 Å². The van der Waals surface area contributed by atoms with Crippen molar-refractivity contribution in [1.82, 2.24) is 15.6 Å². The van der Waals surface area contributed by atoms with Gasteiger partial charge < -0.3 is 20.1 Å². The van der Waals surface area contributed by atoms with E-state index in [1.165, 1.54) is 6.07 Å². The zero-order valence-corrected chi connectivity index (χ0v) is 17.8. The summed E-state index contributed by atoms with van der Waals surface area (Å²) in [6, 6.07) is 4.93. The number of aromatic nitrogens is 1. The highest BCUT2D eigenvalue weighted by molar-refractivity contribution is 7.09. The van der Waals surface area contributed by atoms with Gasteiger partial charge in [-0.25, -0.2) is 9.98 Å². The number of aliphatic imine (C=N–C) groups is 1. The molecule has 2 aromatic rings. The van der Waals surface area contributed by atoms with E-state index in [1.807, 2.05) is 26.2 Å². The Morgan fingerprint density at radius 3 is 2.76 bits per heavy atom. The SMILES string of the molecule is CCCOc1ccc(CN=C(NCC)NCCc2csc(C)n2)c(OC(F)F)c1. The van der Waals surface area contributed by atoms with Gasteiger partial charge in [-0.15, -0.1) is 11.3 Å². The largest absolute Gasteiger partial charge is 0.493 e. The molecule has 0 aliphatic carbocycles. The van der Waals surface area contributed by atoms with Crippen LogP contribution >= 0.6 is 11.3 Å². The number of hydrogen-bond donors (Lipinski definition) is 2. The number of thiazole rings is 1. The molecule has 9 heteroatoms. The Kier molecular flexibility index (Phi) is 9.63. The van der Waals surface area contributed by atoms with E-state index in [-0.39, 0.29) is 12.3 Å². The number of rotatable bonds is 11. The monoisotopic (exact) mass is 426 g/mol. The zero-order chi connectivity index (χ0) is 21.1. The molecule has 1 heterocycles. The van der Waals surface area contributed by atoms with Crippen LogP contribution in [-0.4, -0.2) is 37.3 Å². The molecular formula is C20H28F2N4O2S. The van der Waals surface area contributed by atoms with Crippen LogP contribution in [0.3, 0.4) is 0 Å². The first kappa shape index (κ1) is 22.9. The normalized spacial score (nSPS) is 11.6. The molecule has 2 rings (SSSR count). The fourth-order valence-electron chi connectivity index (χ4n) is 2.52. The first-order valence-electron chi connectivity index (χ1n) is 9.65. The molecular weight excluding hydrogens is 398 g/mol. The number of ether oxygens (including phenoxy) is 2. The fraction of sp³-hybridized carbons (Fsp3) is 0.500. The lowest BCUT2D eigenvalue weighted by atomic mass is 10.2. The highest BCUT2D eigenvalue weighted by Crippen LogP contribution is 2.27. The first-order chi connectivity index (χ1) is 14.0. The maximum Gasteiger partial charge on any atom is 0.387 e. The summed E-state index contributed by atoms with van der Waals surface area (Å²) in [6.07, 6.45) is 1.60. The molecule has 0 aliphatic heterocycles. The van der Waals surface area contributed by atoms with Crippen LogP contribution in [0.4, 0.5) is 8.78 Å². The molecule has 1 aromatic heterocycles. The first-order valence-corrected chi connectivity index (χ1v) is 10.5. The molecule has 0 saturated heterocycles. The Morgan fingerprint density at radius 2 is 2.10 bits per heavy atom. The third kappa shape index (κ3) is 8.23. The minimum Gasteiger partial charge on any atom is -0.493 e. The van der Waals surface area contributed by atoms with Crippen LogP contribution in [0.5, 0.6) is 11.5 Å². The van der Waals surface area contributed by atoms with Gasteiger partial charge in [0.15, 0.2) is 5.96 Å². The molecule has 0 bridgehead atoms. The number of guanidine groups is 1. The Bertz CT molecular complexity index is 784. The Labute approximate surface area is 174 Å². The predicted octanol–water partition coefficient (Wildman–Crippen LogP) is 4.14. The topological polar surface area (TPSA) is 67.8 Å². The van der Waals surface area contributed by atoms with Gasteiger partial charge in [-0.2, -0.15) is 8.78 Å². The molecule has 0 atom stereocenters. The van der Waals surface area contributed by atoms with Crippen molar-refractivity contribution in [3.8, 4) is 11.5 Å². The van der Waals surface area contributed by atoms with Crippen molar-refractivity contribution in [3.63, 3.8) is 0 Å². The van der Waals surface area contributed by atoms with Crippen LogP contribution in [0.2, 0.25) is 0 Å². The van der Waals surface area contributed by atoms with Crippen molar-refractivity contribution in [2.45, 2.75) is 46.8 Å². The Morgan fingerprint density at radius 1 is 1.28 bits per heavy atom. The predicted molar refractivity (Wildman–Crippen MR) is 112 cm³/mol. The number of benzene rings is 1. The maximum absolute atomic E-state index is 12.8. The second kappa shape index (κ2) is 12.2. The van der Waals surface area contributed by atoms with Crippen LogP contribution in [0.1, 0.15) is 36.5 Å². The number of alkyl halides is 2. The summed E-state index contributed by atoms with van der Waals surface area (Å²) in [4.78, 5) is 8.93. The van der Waals surface area contributed by atoms with Crippen LogP contribution in [0, 0.1) is 6.92 Å². The molecule has 1 aromatic carbocycles. The Balaban J connectivity index is 2.03. The van der Waals surface area contributed by atoms with Crippen molar-refractivity contribution in [1.29, 1.82) is 0 Å². The average Bonchev–Trinajstić information content (AvgIpc) is 3.10. The molecule has 160 valence electrons. The van der Waals surface area contributed by atoms with Gasteiger partial charge in [-0.1, -0.05) is 6.92 Å². The van der Waals surface area contributed by atoms with Gasteiger partial charge in [0.2, 0.25) is 0 Å². The van der Waals surface area contributed by atoms with Crippen LogP contribution in [-0.2, 0) is 13.0 Å². The lowest BCUT2D eigenvalue weighted by Crippen LogP contribution is -2.38. The molecule has 0 fully saturated rings. The van der Waals surface area contributed by atoms with Gasteiger partial charge in [-0.05, 0) is 32.4 Å². The van der Waals surface area contributed by atoms with Crippen LogP contribution < -0.4 is 20.1 Å². The summed E-state index contributed by atoms with van der Waals surface area (Å²) in [5.41, 5.74) is 1.59. The molecule has 6 nitrogen and oxygen atoms in total. The minimum absolute atomic E-state index is 0.0751. The van der Waals surface area contributed by atoms with Gasteiger partial charge in [0.25, 0.3) is 0 Å². The lowest BCUT2D eigenvalue weighted by molar-refractivity contribution is -0.0505. The summed E-state index contributed by atoms with van der Waals surface area (Å²) in [6.45, 7) is 5.07. The standard InChI is InChI=1S/C20H28F2N4O2S/c1-4-10-27-17-7-6-15(18(11-17)28-19(21)22)12-25-20(23-5-2)24-9-8-16-13-29-14(3)26-16/h6-7,11,13,19H,4-5,8-10,12H2,1-3H3,(H2,23,24,25). The molecule has 29 heavy (non-hydrogen) atoms. The summed E-state index contributed by atoms with van der Waals surface area (Å²) in [7, 11) is 0. The van der Waals surface area contributed by atoms with E-state index in [4.69, 9.17) is 4.74 Å². The highest BCUT2D eigenvalue weighted by atomic mass is 32.1. The summed E-state index contributed by atoms with van der Waals surface area (Å²) < 4.78 is 35.8. The lowest BCUT2D eigenvalue weighted by Gasteiger charge is -2.14. The highest BCUT2D eigenvalue weighted by Gasteiger charge is 2.12. The summed E-state index contributed by atoms with van der Waals surface area (Å²) in [5, 5.41) is 9.47. The molecule has 0 unspecified atom stereocenters. The van der Waals surface area contributed by atoms with Crippen molar-refractivity contribution in [2.75, 3.05) is 19.7 Å². The average molecular weight is 427 g/mol. The van der Waals surface area contributed by atoms with E-state index in [9.17, 15) is 8.78 Å². The summed E-state index contributed by atoms with van der Waals surface area (Å²) in [5.74, 6) is 1.18. The second-order valence-corrected chi connectivity index (χ2v) is 7.29. The van der Waals surface area contributed by atoms with Gasteiger partial charge in [0, 0.05) is 36.5 Å². The van der Waals surface area contributed by atoms with Gasteiger partial charge in [-0.3, -0.25) is 0 Å². The third-order valence-corrected chi connectivity index (χ3v) is 4.64. The van der Waals surface area contributed by atoms with E-state index < -0.39 is 6.61 Å². The van der Waals surface area contributed by atoms with E-state index in [1.54, 1.807) is 23.5 Å². The van der Waals surface area contributed by atoms with E-state index in [0.29, 0.717) is 37.0 Å². The third-order valence-electron chi connectivity index (χ3n) is 3.82. The van der Waals surface area contributed by atoms with Crippen LogP contribution in [0.15, 0.2) is 28.6 Å². The van der Waals surface area contributed by atoms with Crippen molar-refractivity contribution < 1.29 is 18.3 Å². The number of nitrogens with one attached hydrogen (secondary N) is 2. The van der Waals surface area contributed by atoms with Crippen molar-refractivity contribution in [3.05, 3.63) is 39.8 Å². The molecule has 0 spiro atoms. The van der Waals surface area contributed by atoms with Gasteiger partial charge in [0.05, 0.1) is 23.9 Å². The van der Waals surface area contributed by atoms with Crippen molar-refractivity contribution >= 4 is 17.3 Å². The number of nitrogens with zero attached hydrogens (tertiary/aromatic N) is 2. The number of hydrogen-bond acceptors (Lipinski definition) is 5. The quantitative estimate of drug-likeness (QED) is 0.418. The molecule has 0 aliphatic rings. The van der Waals surface area contributed by atoms with Gasteiger partial charge in [0.1, 0.15) is 11.5 Å². The minimum atomic E-state index is -2.91. The molecule has 0 amide bonds. The Hall–Kier alpha value is -2.42. The molecule has 0 saturated carbocycles.